The summed E-state index contributed by atoms with van der Waals surface area (Å²) in [4.78, 5) is 9.92. The van der Waals surface area contributed by atoms with Crippen molar-refractivity contribution in [2.24, 2.45) is 5.29 Å². The van der Waals surface area contributed by atoms with Gasteiger partial charge >= 0.3 is 0 Å². The molecule has 72 valence electrons. The average Bonchev–Trinajstić information content (AvgIpc) is 2.04. The molecule has 0 aromatic carbocycles. The molecule has 0 aromatic rings. The van der Waals surface area contributed by atoms with Crippen LogP contribution in [-0.2, 0) is 0 Å². The Morgan fingerprint density at radius 2 is 2.17 bits per heavy atom. The van der Waals surface area contributed by atoms with Gasteiger partial charge in [0.05, 0.1) is 11.8 Å². The maximum atomic E-state index is 10.8. The second-order valence-electron chi connectivity index (χ2n) is 2.80. The van der Waals surface area contributed by atoms with Crippen LogP contribution in [0, 0.1) is 10.1 Å². The molecular weight excluding hydrogens is 160 g/mol. The van der Waals surface area contributed by atoms with Crippen molar-refractivity contribution < 1.29 is 5.73 Å². The van der Waals surface area contributed by atoms with Gasteiger partial charge in [0, 0.05) is 19.0 Å². The molecule has 3 N–H and O–H groups in total. The van der Waals surface area contributed by atoms with E-state index in [1.54, 1.807) is 0 Å². The number of quaternary nitrogens is 1. The summed E-state index contributed by atoms with van der Waals surface area (Å²) in [5.41, 5.74) is 3.65. The number of hydrogen-bond acceptors (Lipinski definition) is 4. The molecule has 0 aliphatic heterocycles. The second-order valence-corrected chi connectivity index (χ2v) is 2.80. The quantitative estimate of drug-likeness (QED) is 0.445. The lowest BCUT2D eigenvalue weighted by atomic mass is 10.3. The van der Waals surface area contributed by atoms with E-state index in [0.29, 0.717) is 6.54 Å². The van der Waals surface area contributed by atoms with Crippen LogP contribution in [0.25, 0.3) is 0 Å². The minimum absolute atomic E-state index is 0.00764. The zero-order chi connectivity index (χ0) is 9.56. The Morgan fingerprint density at radius 3 is 2.50 bits per heavy atom. The third-order valence-corrected chi connectivity index (χ3v) is 1.52. The van der Waals surface area contributed by atoms with Crippen LogP contribution in [0.4, 0.5) is 0 Å². The normalized spacial score (nSPS) is 10.8. The molecule has 0 bridgehead atoms. The fraction of sp³-hybridized carbons (Fsp3) is 1.00. The number of hydrazine groups is 1. The SMILES string of the molecule is CC(C)N(CCC[NH3+])N([O-])N=O. The Hall–Kier alpha value is -0.720. The highest BCUT2D eigenvalue weighted by Crippen LogP contribution is 2.03. The molecule has 0 fully saturated rings. The molecule has 0 amide bonds. The third-order valence-electron chi connectivity index (χ3n) is 1.52. The van der Waals surface area contributed by atoms with Gasteiger partial charge in [0.2, 0.25) is 0 Å². The summed E-state index contributed by atoms with van der Waals surface area (Å²) in [6.07, 6.45) is 0.784. The van der Waals surface area contributed by atoms with E-state index in [1.165, 1.54) is 5.01 Å². The first-order valence-electron chi connectivity index (χ1n) is 3.99. The van der Waals surface area contributed by atoms with Gasteiger partial charge in [-0.3, -0.25) is 5.28 Å². The van der Waals surface area contributed by atoms with Gasteiger partial charge in [-0.05, 0) is 13.8 Å². The minimum Gasteiger partial charge on any atom is -0.724 e. The van der Waals surface area contributed by atoms with Gasteiger partial charge in [0.25, 0.3) is 0 Å². The molecule has 0 rings (SSSR count). The van der Waals surface area contributed by atoms with Gasteiger partial charge in [-0.2, -0.15) is 0 Å². The highest BCUT2D eigenvalue weighted by molar-refractivity contribution is 4.59. The van der Waals surface area contributed by atoms with Crippen LogP contribution in [0.5, 0.6) is 0 Å². The lowest BCUT2D eigenvalue weighted by molar-refractivity contribution is -0.369. The molecule has 0 atom stereocenters. The molecule has 0 radical (unpaired) electrons. The van der Waals surface area contributed by atoms with Crippen molar-refractivity contribution in [1.82, 2.24) is 10.3 Å². The lowest BCUT2D eigenvalue weighted by Crippen LogP contribution is -2.52. The van der Waals surface area contributed by atoms with Crippen LogP contribution in [-0.4, -0.2) is 29.4 Å². The van der Waals surface area contributed by atoms with Gasteiger partial charge in [-0.25, -0.2) is 5.01 Å². The molecule has 0 aliphatic rings. The van der Waals surface area contributed by atoms with E-state index in [-0.39, 0.29) is 11.3 Å². The third kappa shape index (κ3) is 3.61. The molecule has 12 heavy (non-hydrogen) atoms. The van der Waals surface area contributed by atoms with Crippen molar-refractivity contribution in [3.05, 3.63) is 10.1 Å². The highest BCUT2D eigenvalue weighted by atomic mass is 16.6. The Bertz CT molecular complexity index is 131. The molecule has 6 heteroatoms. The Balaban J connectivity index is 3.94. The predicted octanol–water partition coefficient (Wildman–Crippen LogP) is -0.275. The summed E-state index contributed by atoms with van der Waals surface area (Å²) in [6.45, 7) is 4.94. The maximum absolute atomic E-state index is 10.8. The predicted molar refractivity (Wildman–Crippen MR) is 45.2 cm³/mol. The zero-order valence-corrected chi connectivity index (χ0v) is 7.56. The van der Waals surface area contributed by atoms with E-state index in [0.717, 1.165) is 13.0 Å². The summed E-state index contributed by atoms with van der Waals surface area (Å²) >= 11 is 0. The van der Waals surface area contributed by atoms with E-state index in [1.807, 2.05) is 13.8 Å². The van der Waals surface area contributed by atoms with Gasteiger partial charge in [0.15, 0.2) is 0 Å². The summed E-state index contributed by atoms with van der Waals surface area (Å²) in [5.74, 6) is 0. The molecule has 0 saturated heterocycles. The molecule has 0 aromatic heterocycles. The fourth-order valence-electron chi connectivity index (χ4n) is 0.862. The minimum atomic E-state index is -0.00764. The van der Waals surface area contributed by atoms with Gasteiger partial charge in [0.1, 0.15) is 0 Å². The van der Waals surface area contributed by atoms with Gasteiger partial charge < -0.3 is 10.9 Å². The smallest absolute Gasteiger partial charge is 0.0752 e. The average molecular weight is 176 g/mol. The van der Waals surface area contributed by atoms with Crippen LogP contribution >= 0.6 is 0 Å². The van der Waals surface area contributed by atoms with Crippen molar-refractivity contribution in [3.8, 4) is 0 Å². The first kappa shape index (κ1) is 11.3. The van der Waals surface area contributed by atoms with Crippen molar-refractivity contribution in [3.63, 3.8) is 0 Å². The Labute approximate surface area is 71.8 Å². The van der Waals surface area contributed by atoms with E-state index < -0.39 is 0 Å². The van der Waals surface area contributed by atoms with E-state index in [2.05, 4.69) is 11.0 Å². The van der Waals surface area contributed by atoms with Crippen molar-refractivity contribution >= 4 is 0 Å². The van der Waals surface area contributed by atoms with Crippen LogP contribution in [0.3, 0.4) is 0 Å². The number of nitroso groups, excluding NO2 is 1. The van der Waals surface area contributed by atoms with Crippen molar-refractivity contribution in [2.45, 2.75) is 26.3 Å². The Kier molecular flexibility index (Phi) is 5.52. The summed E-state index contributed by atoms with van der Waals surface area (Å²) < 4.78 is 0. The first-order valence-corrected chi connectivity index (χ1v) is 3.99. The molecule has 0 unspecified atom stereocenters. The molecule has 0 aliphatic carbocycles. The zero-order valence-electron chi connectivity index (χ0n) is 7.56. The first-order chi connectivity index (χ1) is 5.63. The van der Waals surface area contributed by atoms with Crippen molar-refractivity contribution in [1.29, 1.82) is 0 Å². The van der Waals surface area contributed by atoms with Crippen molar-refractivity contribution in [2.75, 3.05) is 13.1 Å². The van der Waals surface area contributed by atoms with Gasteiger partial charge in [-0.15, -0.1) is 4.91 Å². The molecule has 0 spiro atoms. The van der Waals surface area contributed by atoms with Crippen LogP contribution in [0.1, 0.15) is 20.3 Å². The molecule has 0 heterocycles. The van der Waals surface area contributed by atoms with Crippen LogP contribution in [0.2, 0.25) is 0 Å². The fourth-order valence-corrected chi connectivity index (χ4v) is 0.862. The standard InChI is InChI=1S/C6H15N4O2/c1-6(2)9(5-3-4-7)10(12)8-11/h6H,3-5,7H2,1-2H3/q-1/p+1. The Morgan fingerprint density at radius 1 is 1.58 bits per heavy atom. The second kappa shape index (κ2) is 5.87. The summed E-state index contributed by atoms with van der Waals surface area (Å²) in [7, 11) is 0. The lowest BCUT2D eigenvalue weighted by Gasteiger charge is -2.36. The molecule has 6 nitrogen and oxygen atoms in total. The maximum Gasteiger partial charge on any atom is 0.0752 e. The largest absolute Gasteiger partial charge is 0.724 e. The summed E-state index contributed by atoms with van der Waals surface area (Å²) in [5, 5.41) is 14.6. The van der Waals surface area contributed by atoms with E-state index in [9.17, 15) is 10.1 Å². The molecular formula is C6H16N4O2. The van der Waals surface area contributed by atoms with Gasteiger partial charge in [-0.1, -0.05) is 0 Å². The number of nitrogens with zero attached hydrogens (tertiary/aromatic N) is 3. The van der Waals surface area contributed by atoms with Crippen LogP contribution < -0.4 is 5.73 Å². The van der Waals surface area contributed by atoms with E-state index in [4.69, 9.17) is 0 Å². The topological polar surface area (TPSA) is 86.6 Å². The number of hydrogen-bond donors (Lipinski definition) is 1. The monoisotopic (exact) mass is 176 g/mol. The number of rotatable bonds is 6. The molecule has 0 saturated carbocycles. The highest BCUT2D eigenvalue weighted by Gasteiger charge is 2.10. The van der Waals surface area contributed by atoms with E-state index >= 15 is 0 Å². The van der Waals surface area contributed by atoms with Crippen LogP contribution in [0.15, 0.2) is 5.29 Å². The summed E-state index contributed by atoms with van der Waals surface area (Å²) in [6, 6.07) is -0.00764.